The largest absolute Gasteiger partial charge is 0.433 e. The molecule has 0 radical (unpaired) electrons. The molecule has 0 aromatic carbocycles. The molecule has 2 rings (SSSR count). The monoisotopic (exact) mass is 304 g/mol. The van der Waals surface area contributed by atoms with E-state index in [1.165, 1.54) is 7.05 Å². The van der Waals surface area contributed by atoms with Crippen LogP contribution in [0, 0.1) is 5.92 Å². The Hall–Kier alpha value is -1.57. The van der Waals surface area contributed by atoms with E-state index in [0.717, 1.165) is 18.9 Å². The number of nitrogens with zero attached hydrogens (tertiary/aromatic N) is 2. The third-order valence-corrected chi connectivity index (χ3v) is 3.59. The lowest BCUT2D eigenvalue weighted by atomic mass is 9.93. The van der Waals surface area contributed by atoms with E-state index in [4.69, 9.17) is 4.74 Å². The molecule has 118 valence electrons. The number of halogens is 3. The lowest BCUT2D eigenvalue weighted by Gasteiger charge is -2.28. The maximum atomic E-state index is 12.8. The summed E-state index contributed by atoms with van der Waals surface area (Å²) in [7, 11) is 1.49. The molecule has 0 aliphatic carbocycles. The first kappa shape index (κ1) is 15.8. The van der Waals surface area contributed by atoms with Crippen LogP contribution >= 0.6 is 0 Å². The van der Waals surface area contributed by atoms with Gasteiger partial charge in [0.2, 0.25) is 5.95 Å². The molecule has 0 amide bonds. The molecule has 1 aromatic heterocycles. The molecule has 0 saturated carbocycles. The van der Waals surface area contributed by atoms with E-state index in [1.807, 2.05) is 6.92 Å². The van der Waals surface area contributed by atoms with Gasteiger partial charge in [0.25, 0.3) is 0 Å². The maximum Gasteiger partial charge on any atom is 0.433 e. The van der Waals surface area contributed by atoms with Crippen LogP contribution in [0.15, 0.2) is 6.07 Å². The van der Waals surface area contributed by atoms with Gasteiger partial charge in [-0.2, -0.15) is 18.2 Å². The highest BCUT2D eigenvalue weighted by atomic mass is 19.4. The van der Waals surface area contributed by atoms with Crippen LogP contribution in [0.1, 0.15) is 25.5 Å². The minimum atomic E-state index is -4.49. The number of hydrogen-bond acceptors (Lipinski definition) is 5. The number of hydrogen-bond donors (Lipinski definition) is 2. The molecule has 1 aromatic rings. The molecule has 2 N–H and O–H groups in total. The summed E-state index contributed by atoms with van der Waals surface area (Å²) in [6, 6.07) is 0.964. The van der Waals surface area contributed by atoms with Gasteiger partial charge in [-0.3, -0.25) is 0 Å². The minimum Gasteiger partial charge on any atom is -0.381 e. The van der Waals surface area contributed by atoms with E-state index < -0.39 is 11.9 Å². The summed E-state index contributed by atoms with van der Waals surface area (Å²) in [5.74, 6) is 0.494. The SMILES string of the molecule is CNc1nc(NC(C)C2CCOCC2)cc(C(F)(F)F)n1. The Bertz CT molecular complexity index is 475. The molecule has 1 unspecified atom stereocenters. The van der Waals surface area contributed by atoms with E-state index in [0.29, 0.717) is 19.1 Å². The van der Waals surface area contributed by atoms with Crippen molar-refractivity contribution >= 4 is 11.8 Å². The molecule has 0 bridgehead atoms. The van der Waals surface area contributed by atoms with Crippen molar-refractivity contribution in [1.29, 1.82) is 0 Å². The summed E-state index contributed by atoms with van der Waals surface area (Å²) in [4.78, 5) is 7.47. The first-order valence-corrected chi connectivity index (χ1v) is 6.88. The second kappa shape index (κ2) is 6.46. The number of nitrogens with one attached hydrogen (secondary N) is 2. The second-order valence-corrected chi connectivity index (χ2v) is 5.09. The molecule has 1 saturated heterocycles. The van der Waals surface area contributed by atoms with Crippen molar-refractivity contribution in [2.45, 2.75) is 32.0 Å². The molecular weight excluding hydrogens is 285 g/mol. The molecule has 1 aliphatic rings. The van der Waals surface area contributed by atoms with Crippen LogP contribution < -0.4 is 10.6 Å². The zero-order valence-corrected chi connectivity index (χ0v) is 12.0. The fraction of sp³-hybridized carbons (Fsp3) is 0.692. The van der Waals surface area contributed by atoms with E-state index in [-0.39, 0.29) is 17.8 Å². The zero-order valence-electron chi connectivity index (χ0n) is 12.0. The summed E-state index contributed by atoms with van der Waals surface area (Å²) in [6.45, 7) is 3.33. The van der Waals surface area contributed by atoms with Crippen molar-refractivity contribution < 1.29 is 17.9 Å². The van der Waals surface area contributed by atoms with Crippen molar-refractivity contribution in [3.8, 4) is 0 Å². The Morgan fingerprint density at radius 1 is 1.29 bits per heavy atom. The standard InChI is InChI=1S/C13H19F3N4O/c1-8(9-3-5-21-6-4-9)18-11-7-10(13(14,15)16)19-12(17-2)20-11/h7-9H,3-6H2,1-2H3,(H2,17,18,19,20). The van der Waals surface area contributed by atoms with Crippen LogP contribution in [-0.4, -0.2) is 36.3 Å². The smallest absolute Gasteiger partial charge is 0.381 e. The number of anilines is 2. The Kier molecular flexibility index (Phi) is 4.87. The Balaban J connectivity index is 2.14. The highest BCUT2D eigenvalue weighted by Gasteiger charge is 2.34. The zero-order chi connectivity index (χ0) is 15.5. The normalized spacial score (nSPS) is 18.3. The first-order valence-electron chi connectivity index (χ1n) is 6.88. The van der Waals surface area contributed by atoms with Crippen LogP contribution in [0.3, 0.4) is 0 Å². The van der Waals surface area contributed by atoms with Crippen molar-refractivity contribution in [3.63, 3.8) is 0 Å². The molecule has 5 nitrogen and oxygen atoms in total. The summed E-state index contributed by atoms with van der Waals surface area (Å²) in [6.07, 6.45) is -2.71. The molecule has 21 heavy (non-hydrogen) atoms. The molecule has 1 fully saturated rings. The molecular formula is C13H19F3N4O. The number of ether oxygens (including phenoxy) is 1. The maximum absolute atomic E-state index is 12.8. The van der Waals surface area contributed by atoms with Gasteiger partial charge >= 0.3 is 6.18 Å². The van der Waals surface area contributed by atoms with Crippen molar-refractivity contribution in [2.75, 3.05) is 30.9 Å². The predicted octanol–water partition coefficient (Wildman–Crippen LogP) is 2.76. The van der Waals surface area contributed by atoms with Gasteiger partial charge in [-0.1, -0.05) is 0 Å². The van der Waals surface area contributed by atoms with Crippen LogP contribution in [-0.2, 0) is 10.9 Å². The van der Waals surface area contributed by atoms with Crippen molar-refractivity contribution in [2.24, 2.45) is 5.92 Å². The number of alkyl halides is 3. The van der Waals surface area contributed by atoms with Gasteiger partial charge in [-0.25, -0.2) is 4.98 Å². The molecule has 1 aliphatic heterocycles. The molecule has 0 spiro atoms. The highest BCUT2D eigenvalue weighted by Crippen LogP contribution is 2.30. The highest BCUT2D eigenvalue weighted by molar-refractivity contribution is 5.43. The minimum absolute atomic E-state index is 0.0228. The van der Waals surface area contributed by atoms with E-state index in [2.05, 4.69) is 20.6 Å². The Labute approximate surface area is 121 Å². The third kappa shape index (κ3) is 4.20. The van der Waals surface area contributed by atoms with Gasteiger partial charge < -0.3 is 15.4 Å². The van der Waals surface area contributed by atoms with Gasteiger partial charge in [0.1, 0.15) is 5.82 Å². The predicted molar refractivity (Wildman–Crippen MR) is 73.2 cm³/mol. The van der Waals surface area contributed by atoms with E-state index in [1.54, 1.807) is 0 Å². The topological polar surface area (TPSA) is 59.1 Å². The van der Waals surface area contributed by atoms with Crippen molar-refractivity contribution in [1.82, 2.24) is 9.97 Å². The van der Waals surface area contributed by atoms with Crippen LogP contribution in [0.4, 0.5) is 24.9 Å². The summed E-state index contributed by atoms with van der Waals surface area (Å²) in [5, 5.41) is 5.60. The van der Waals surface area contributed by atoms with Gasteiger partial charge in [0, 0.05) is 32.4 Å². The molecule has 1 atom stereocenters. The average molecular weight is 304 g/mol. The van der Waals surface area contributed by atoms with E-state index >= 15 is 0 Å². The number of aromatic nitrogens is 2. The fourth-order valence-electron chi connectivity index (χ4n) is 2.35. The summed E-state index contributed by atoms with van der Waals surface area (Å²) in [5.41, 5.74) is -0.955. The first-order chi connectivity index (χ1) is 9.90. The fourth-order valence-corrected chi connectivity index (χ4v) is 2.35. The lowest BCUT2D eigenvalue weighted by Crippen LogP contribution is -2.31. The Morgan fingerprint density at radius 2 is 1.95 bits per heavy atom. The Morgan fingerprint density at radius 3 is 2.52 bits per heavy atom. The van der Waals surface area contributed by atoms with Crippen molar-refractivity contribution in [3.05, 3.63) is 11.8 Å². The quantitative estimate of drug-likeness (QED) is 0.896. The third-order valence-electron chi connectivity index (χ3n) is 3.59. The molecule has 2 heterocycles. The average Bonchev–Trinajstić information content (AvgIpc) is 2.46. The summed E-state index contributed by atoms with van der Waals surface area (Å²) < 4.78 is 43.7. The van der Waals surface area contributed by atoms with Crippen LogP contribution in [0.5, 0.6) is 0 Å². The van der Waals surface area contributed by atoms with Crippen LogP contribution in [0.2, 0.25) is 0 Å². The molecule has 8 heteroatoms. The number of rotatable bonds is 4. The van der Waals surface area contributed by atoms with E-state index in [9.17, 15) is 13.2 Å². The van der Waals surface area contributed by atoms with Gasteiger partial charge in [-0.15, -0.1) is 0 Å². The lowest BCUT2D eigenvalue weighted by molar-refractivity contribution is -0.141. The van der Waals surface area contributed by atoms with Gasteiger partial charge in [0.05, 0.1) is 0 Å². The van der Waals surface area contributed by atoms with Gasteiger partial charge in [-0.05, 0) is 25.7 Å². The second-order valence-electron chi connectivity index (χ2n) is 5.09. The van der Waals surface area contributed by atoms with Crippen LogP contribution in [0.25, 0.3) is 0 Å². The summed E-state index contributed by atoms with van der Waals surface area (Å²) >= 11 is 0. The van der Waals surface area contributed by atoms with Gasteiger partial charge in [0.15, 0.2) is 5.69 Å².